The van der Waals surface area contributed by atoms with E-state index in [0.29, 0.717) is 0 Å². The second kappa shape index (κ2) is 13.0. The van der Waals surface area contributed by atoms with Crippen LogP contribution in [0.5, 0.6) is 0 Å². The van der Waals surface area contributed by atoms with Crippen molar-refractivity contribution in [3.8, 4) is 0 Å². The molecular weight excluding hydrogens is 552 g/mol. The Labute approximate surface area is 247 Å². The van der Waals surface area contributed by atoms with Gasteiger partial charge in [-0.1, -0.05) is 84.9 Å². The minimum Gasteiger partial charge on any atom is -0.452 e. The molecule has 0 radical (unpaired) electrons. The van der Waals surface area contributed by atoms with Crippen molar-refractivity contribution in [2.45, 2.75) is 37.0 Å². The maximum absolute atomic E-state index is 13.4. The van der Waals surface area contributed by atoms with Crippen molar-refractivity contribution in [2.24, 2.45) is 0 Å². The monoisotopic (exact) mass is 580 g/mol. The number of carbonyl (C=O) groups excluding carboxylic acids is 3. The summed E-state index contributed by atoms with van der Waals surface area (Å²) in [5.41, 5.74) is 1.54. The van der Waals surface area contributed by atoms with E-state index in [1.807, 2.05) is 30.3 Å². The van der Waals surface area contributed by atoms with Gasteiger partial charge in [0.2, 0.25) is 12.4 Å². The van der Waals surface area contributed by atoms with Gasteiger partial charge in [-0.3, -0.25) is 0 Å². The highest BCUT2D eigenvalue weighted by molar-refractivity contribution is 5.91. The molecule has 9 heteroatoms. The van der Waals surface area contributed by atoms with Crippen molar-refractivity contribution < 1.29 is 42.8 Å². The second-order valence-electron chi connectivity index (χ2n) is 9.96. The van der Waals surface area contributed by atoms with Gasteiger partial charge in [-0.15, -0.1) is 0 Å². The summed E-state index contributed by atoms with van der Waals surface area (Å²) in [6.07, 6.45) is -6.64. The van der Waals surface area contributed by atoms with Crippen LogP contribution in [0.25, 0.3) is 0 Å². The number of esters is 3. The number of carbonyl (C=O) groups is 3. The molecule has 4 aromatic carbocycles. The molecule has 218 valence electrons. The second-order valence-corrected chi connectivity index (χ2v) is 9.96. The van der Waals surface area contributed by atoms with Crippen LogP contribution < -0.4 is 0 Å². The van der Waals surface area contributed by atoms with E-state index in [0.717, 1.165) is 5.56 Å². The van der Waals surface area contributed by atoms with Gasteiger partial charge >= 0.3 is 17.9 Å². The lowest BCUT2D eigenvalue weighted by Crippen LogP contribution is -2.64. The average Bonchev–Trinajstić information content (AvgIpc) is 3.07. The van der Waals surface area contributed by atoms with E-state index in [1.165, 1.54) is 0 Å². The lowest BCUT2D eigenvalue weighted by molar-refractivity contribution is -0.351. The molecule has 4 aromatic rings. The molecule has 2 saturated heterocycles. The smallest absolute Gasteiger partial charge is 0.340 e. The van der Waals surface area contributed by atoms with Crippen LogP contribution in [0, 0.1) is 0 Å². The highest BCUT2D eigenvalue weighted by Crippen LogP contribution is 2.37. The molecule has 6 rings (SSSR count). The van der Waals surface area contributed by atoms with Crippen LogP contribution in [-0.2, 0) is 28.4 Å². The Balaban J connectivity index is 1.36. The molecule has 0 aromatic heterocycles. The molecule has 9 nitrogen and oxygen atoms in total. The molecule has 0 N–H and O–H groups in total. The number of hydrogen-bond donors (Lipinski definition) is 0. The summed E-state index contributed by atoms with van der Waals surface area (Å²) >= 11 is 0. The molecule has 0 amide bonds. The summed E-state index contributed by atoms with van der Waals surface area (Å²) in [7, 11) is 0. The highest BCUT2D eigenvalue weighted by Gasteiger charge is 2.55. The van der Waals surface area contributed by atoms with Gasteiger partial charge < -0.3 is 28.4 Å². The summed E-state index contributed by atoms with van der Waals surface area (Å²) in [6, 6.07) is 34.3. The fourth-order valence-corrected chi connectivity index (χ4v) is 4.96. The Morgan fingerprint density at radius 2 is 0.977 bits per heavy atom. The lowest BCUT2D eigenvalue weighted by atomic mass is 9.96. The molecule has 0 saturated carbocycles. The Hall–Kier alpha value is -4.83. The zero-order chi connectivity index (χ0) is 29.6. The van der Waals surface area contributed by atoms with E-state index in [4.69, 9.17) is 28.4 Å². The van der Waals surface area contributed by atoms with Gasteiger partial charge in [0.05, 0.1) is 23.3 Å². The molecule has 3 unspecified atom stereocenters. The first-order valence-electron chi connectivity index (χ1n) is 13.8. The Morgan fingerprint density at radius 1 is 0.535 bits per heavy atom. The van der Waals surface area contributed by atoms with Crippen molar-refractivity contribution in [2.75, 3.05) is 6.61 Å². The zero-order valence-corrected chi connectivity index (χ0v) is 22.9. The van der Waals surface area contributed by atoms with E-state index in [9.17, 15) is 14.4 Å². The molecule has 43 heavy (non-hydrogen) atoms. The molecule has 2 aliphatic heterocycles. The minimum absolute atomic E-state index is 0.0301. The summed E-state index contributed by atoms with van der Waals surface area (Å²) in [4.78, 5) is 39.9. The first kappa shape index (κ1) is 28.3. The van der Waals surface area contributed by atoms with Gasteiger partial charge in [-0.05, 0) is 36.4 Å². The van der Waals surface area contributed by atoms with Crippen LogP contribution in [0.15, 0.2) is 121 Å². The van der Waals surface area contributed by atoms with E-state index in [-0.39, 0.29) is 23.3 Å². The van der Waals surface area contributed by atoms with Crippen LogP contribution in [-0.4, -0.2) is 55.2 Å². The largest absolute Gasteiger partial charge is 0.452 e. The van der Waals surface area contributed by atoms with Gasteiger partial charge in [0.25, 0.3) is 0 Å². The predicted octanol–water partition coefficient (Wildman–Crippen LogP) is 5.13. The van der Waals surface area contributed by atoms with Gasteiger partial charge in [0.1, 0.15) is 12.2 Å². The van der Waals surface area contributed by atoms with Gasteiger partial charge in [-0.25, -0.2) is 14.4 Å². The number of fused-ring (bicyclic) bond motifs is 1. The van der Waals surface area contributed by atoms with Crippen molar-refractivity contribution in [3.05, 3.63) is 144 Å². The average molecular weight is 581 g/mol. The Morgan fingerprint density at radius 3 is 1.49 bits per heavy atom. The van der Waals surface area contributed by atoms with Crippen LogP contribution in [0.1, 0.15) is 42.9 Å². The maximum atomic E-state index is 13.4. The molecule has 2 heterocycles. The fourth-order valence-electron chi connectivity index (χ4n) is 4.96. The zero-order valence-electron chi connectivity index (χ0n) is 22.9. The summed E-state index contributed by atoms with van der Waals surface area (Å²) in [6.45, 7) is 0.0301. The van der Waals surface area contributed by atoms with Crippen LogP contribution in [0.3, 0.4) is 0 Å². The number of benzene rings is 4. The number of rotatable bonds is 7. The predicted molar refractivity (Wildman–Crippen MR) is 152 cm³/mol. The van der Waals surface area contributed by atoms with Crippen LogP contribution >= 0.6 is 0 Å². The van der Waals surface area contributed by atoms with Crippen LogP contribution in [0.4, 0.5) is 0 Å². The van der Waals surface area contributed by atoms with Gasteiger partial charge in [-0.2, -0.15) is 0 Å². The van der Waals surface area contributed by atoms with Crippen molar-refractivity contribution in [1.82, 2.24) is 0 Å². The first-order valence-corrected chi connectivity index (χ1v) is 13.8. The third kappa shape index (κ3) is 6.49. The SMILES string of the molecule is O=C(OC1[C@@H](OC(=O)c2ccccc2)OC2COC(c3ccccc3)O[C@H]2[C@H]1OC(=O)c1ccccc1)c1ccccc1. The molecule has 2 fully saturated rings. The Bertz CT molecular complexity index is 1530. The standard InChI is InChI=1S/C34H28O9/c35-30(22-13-5-1-6-14-22)40-28-27-26(21-38-33(42-27)25-19-11-4-12-20-25)39-34(43-32(37)24-17-9-3-10-18-24)29(28)41-31(36)23-15-7-2-8-16-23/h1-20,26-29,33-34H,21H2/t26?,27-,28-,29?,33?,34-/m1/s1. The summed E-state index contributed by atoms with van der Waals surface area (Å²) in [5.74, 6) is -2.11. The minimum atomic E-state index is -1.45. The number of hydrogen-bond acceptors (Lipinski definition) is 9. The van der Waals surface area contributed by atoms with E-state index in [1.54, 1.807) is 91.0 Å². The van der Waals surface area contributed by atoms with E-state index >= 15 is 0 Å². The molecule has 0 bridgehead atoms. The highest BCUT2D eigenvalue weighted by atomic mass is 16.8. The van der Waals surface area contributed by atoms with Crippen molar-refractivity contribution in [3.63, 3.8) is 0 Å². The molecular formula is C34H28O9. The van der Waals surface area contributed by atoms with E-state index < -0.39 is 54.9 Å². The fraction of sp³-hybridized carbons (Fsp3) is 0.206. The third-order valence-corrected chi connectivity index (χ3v) is 7.09. The van der Waals surface area contributed by atoms with E-state index in [2.05, 4.69) is 0 Å². The normalized spacial score (nSPS) is 24.7. The molecule has 6 atom stereocenters. The molecule has 2 aliphatic rings. The first-order chi connectivity index (χ1) is 21.1. The van der Waals surface area contributed by atoms with Gasteiger partial charge in [0, 0.05) is 5.56 Å². The molecule has 0 spiro atoms. The van der Waals surface area contributed by atoms with Crippen LogP contribution in [0.2, 0.25) is 0 Å². The maximum Gasteiger partial charge on any atom is 0.340 e. The summed E-state index contributed by atoms with van der Waals surface area (Å²) < 4.78 is 36.2. The third-order valence-electron chi connectivity index (χ3n) is 7.09. The molecule has 0 aliphatic carbocycles. The topological polar surface area (TPSA) is 107 Å². The van der Waals surface area contributed by atoms with Crippen molar-refractivity contribution in [1.29, 1.82) is 0 Å². The summed E-state index contributed by atoms with van der Waals surface area (Å²) in [5, 5.41) is 0. The lowest BCUT2D eigenvalue weighted by Gasteiger charge is -2.47. The number of ether oxygens (including phenoxy) is 6. The quantitative estimate of drug-likeness (QED) is 0.217. The van der Waals surface area contributed by atoms with Crippen molar-refractivity contribution >= 4 is 17.9 Å². The van der Waals surface area contributed by atoms with Gasteiger partial charge in [0.15, 0.2) is 12.4 Å². The Kier molecular flexibility index (Phi) is 8.55.